The van der Waals surface area contributed by atoms with Gasteiger partial charge in [0, 0.05) is 19.5 Å². The van der Waals surface area contributed by atoms with Crippen LogP contribution in [0.15, 0.2) is 6.33 Å². The number of hydrogen-bond acceptors (Lipinski definition) is 3. The summed E-state index contributed by atoms with van der Waals surface area (Å²) < 4.78 is 1.80. The molecule has 16 heavy (non-hydrogen) atoms. The van der Waals surface area contributed by atoms with Gasteiger partial charge in [-0.1, -0.05) is 12.8 Å². The van der Waals surface area contributed by atoms with Gasteiger partial charge in [-0.3, -0.25) is 4.68 Å². The number of nitrogens with one attached hydrogen (secondary N) is 1. The highest BCUT2D eigenvalue weighted by Gasteiger charge is 2.32. The first-order valence-electron chi connectivity index (χ1n) is 5.85. The van der Waals surface area contributed by atoms with E-state index in [4.69, 9.17) is 11.6 Å². The van der Waals surface area contributed by atoms with Crippen LogP contribution in [0, 0.1) is 5.41 Å². The number of rotatable bonds is 5. The summed E-state index contributed by atoms with van der Waals surface area (Å²) in [5.74, 6) is 1.74. The Hall–Kier alpha value is -0.610. The standard InChI is InChI=1S/C11H19ClN4/c1-16-10(14-9-15-16)6-13-8-11(7-12)4-2-3-5-11/h9,13H,2-8H2,1H3. The van der Waals surface area contributed by atoms with E-state index in [9.17, 15) is 0 Å². The summed E-state index contributed by atoms with van der Waals surface area (Å²) in [6.45, 7) is 1.76. The first-order chi connectivity index (χ1) is 7.76. The quantitative estimate of drug-likeness (QED) is 0.800. The second kappa shape index (κ2) is 5.15. The van der Waals surface area contributed by atoms with E-state index in [1.54, 1.807) is 11.0 Å². The van der Waals surface area contributed by atoms with Gasteiger partial charge in [0.05, 0.1) is 6.54 Å². The minimum atomic E-state index is 0.320. The Kier molecular flexibility index (Phi) is 3.82. The zero-order valence-corrected chi connectivity index (χ0v) is 10.5. The van der Waals surface area contributed by atoms with Gasteiger partial charge >= 0.3 is 0 Å². The highest BCUT2D eigenvalue weighted by Crippen LogP contribution is 2.38. The van der Waals surface area contributed by atoms with Gasteiger partial charge < -0.3 is 5.32 Å². The molecule has 0 radical (unpaired) electrons. The van der Waals surface area contributed by atoms with Crippen LogP contribution in [0.4, 0.5) is 0 Å². The summed E-state index contributed by atoms with van der Waals surface area (Å²) in [6, 6.07) is 0. The van der Waals surface area contributed by atoms with Crippen LogP contribution >= 0.6 is 11.6 Å². The molecule has 0 unspecified atom stereocenters. The Bertz CT molecular complexity index is 330. The van der Waals surface area contributed by atoms with Crippen LogP contribution in [0.25, 0.3) is 0 Å². The summed E-state index contributed by atoms with van der Waals surface area (Å²) in [5.41, 5.74) is 0.320. The summed E-state index contributed by atoms with van der Waals surface area (Å²) in [4.78, 5) is 4.18. The molecular weight excluding hydrogens is 224 g/mol. The molecule has 1 aromatic rings. The van der Waals surface area contributed by atoms with E-state index in [-0.39, 0.29) is 0 Å². The fraction of sp³-hybridized carbons (Fsp3) is 0.818. The molecule has 1 N–H and O–H groups in total. The minimum Gasteiger partial charge on any atom is -0.309 e. The third-order valence-electron chi connectivity index (χ3n) is 3.54. The lowest BCUT2D eigenvalue weighted by molar-refractivity contribution is 0.318. The van der Waals surface area contributed by atoms with Crippen molar-refractivity contribution in [2.45, 2.75) is 32.2 Å². The third kappa shape index (κ3) is 2.55. The molecule has 1 aliphatic carbocycles. The molecule has 90 valence electrons. The van der Waals surface area contributed by atoms with Gasteiger partial charge in [-0.2, -0.15) is 5.10 Å². The summed E-state index contributed by atoms with van der Waals surface area (Å²) in [7, 11) is 1.91. The van der Waals surface area contributed by atoms with Gasteiger partial charge in [-0.25, -0.2) is 4.98 Å². The van der Waals surface area contributed by atoms with Crippen LogP contribution in [-0.2, 0) is 13.6 Å². The van der Waals surface area contributed by atoms with Crippen LogP contribution in [0.3, 0.4) is 0 Å². The fourth-order valence-corrected chi connectivity index (χ4v) is 2.76. The average molecular weight is 243 g/mol. The van der Waals surface area contributed by atoms with Gasteiger partial charge in [-0.15, -0.1) is 11.6 Å². The van der Waals surface area contributed by atoms with Crippen LogP contribution < -0.4 is 5.32 Å². The Morgan fingerprint density at radius 2 is 2.25 bits per heavy atom. The van der Waals surface area contributed by atoms with E-state index < -0.39 is 0 Å². The molecule has 1 aromatic heterocycles. The molecule has 0 spiro atoms. The van der Waals surface area contributed by atoms with E-state index >= 15 is 0 Å². The van der Waals surface area contributed by atoms with Crippen molar-refractivity contribution in [3.05, 3.63) is 12.2 Å². The van der Waals surface area contributed by atoms with E-state index in [0.29, 0.717) is 5.41 Å². The molecule has 2 rings (SSSR count). The molecule has 1 fully saturated rings. The predicted octanol–water partition coefficient (Wildman–Crippen LogP) is 1.70. The van der Waals surface area contributed by atoms with Crippen molar-refractivity contribution in [1.82, 2.24) is 20.1 Å². The molecule has 0 bridgehead atoms. The zero-order chi connectivity index (χ0) is 11.4. The van der Waals surface area contributed by atoms with Crippen LogP contribution in [0.5, 0.6) is 0 Å². The van der Waals surface area contributed by atoms with Gasteiger partial charge in [0.25, 0.3) is 0 Å². The van der Waals surface area contributed by atoms with E-state index in [2.05, 4.69) is 15.4 Å². The Morgan fingerprint density at radius 3 is 2.81 bits per heavy atom. The molecule has 0 aromatic carbocycles. The molecule has 0 aliphatic heterocycles. The van der Waals surface area contributed by atoms with Gasteiger partial charge in [-0.05, 0) is 18.3 Å². The van der Waals surface area contributed by atoms with Crippen LogP contribution in [0.1, 0.15) is 31.5 Å². The van der Waals surface area contributed by atoms with Crippen LogP contribution in [0.2, 0.25) is 0 Å². The third-order valence-corrected chi connectivity index (χ3v) is 4.10. The van der Waals surface area contributed by atoms with Crippen molar-refractivity contribution in [1.29, 1.82) is 0 Å². The predicted molar refractivity (Wildman–Crippen MR) is 64.3 cm³/mol. The molecule has 1 heterocycles. The smallest absolute Gasteiger partial charge is 0.140 e. The normalized spacial score (nSPS) is 19.1. The SMILES string of the molecule is Cn1ncnc1CNCC1(CCl)CCCC1. The number of aryl methyl sites for hydroxylation is 1. The Morgan fingerprint density at radius 1 is 1.50 bits per heavy atom. The lowest BCUT2D eigenvalue weighted by Gasteiger charge is -2.26. The molecule has 0 saturated heterocycles. The maximum Gasteiger partial charge on any atom is 0.140 e. The molecule has 1 saturated carbocycles. The van der Waals surface area contributed by atoms with Gasteiger partial charge in [0.2, 0.25) is 0 Å². The van der Waals surface area contributed by atoms with Crippen molar-refractivity contribution in [3.63, 3.8) is 0 Å². The number of halogens is 1. The lowest BCUT2D eigenvalue weighted by atomic mass is 9.88. The summed E-state index contributed by atoms with van der Waals surface area (Å²) in [5, 5.41) is 7.50. The first-order valence-corrected chi connectivity index (χ1v) is 6.39. The minimum absolute atomic E-state index is 0.320. The number of alkyl halides is 1. The monoisotopic (exact) mass is 242 g/mol. The summed E-state index contributed by atoms with van der Waals surface area (Å²) >= 11 is 6.08. The molecular formula is C11H19ClN4. The second-order valence-corrected chi connectivity index (χ2v) is 5.01. The number of hydrogen-bond donors (Lipinski definition) is 1. The topological polar surface area (TPSA) is 42.7 Å². The van der Waals surface area contributed by atoms with Crippen molar-refractivity contribution in [2.75, 3.05) is 12.4 Å². The van der Waals surface area contributed by atoms with Crippen molar-refractivity contribution < 1.29 is 0 Å². The molecule has 1 aliphatic rings. The molecule has 4 nitrogen and oxygen atoms in total. The lowest BCUT2D eigenvalue weighted by Crippen LogP contribution is -2.33. The van der Waals surface area contributed by atoms with E-state index in [0.717, 1.165) is 24.8 Å². The highest BCUT2D eigenvalue weighted by atomic mass is 35.5. The molecule has 0 amide bonds. The Labute approximate surface area is 101 Å². The van der Waals surface area contributed by atoms with Crippen molar-refractivity contribution in [2.24, 2.45) is 12.5 Å². The maximum absolute atomic E-state index is 6.08. The van der Waals surface area contributed by atoms with E-state index in [1.807, 2.05) is 7.05 Å². The first kappa shape index (κ1) is 11.9. The number of nitrogens with zero attached hydrogens (tertiary/aromatic N) is 3. The van der Waals surface area contributed by atoms with Crippen LogP contribution in [-0.4, -0.2) is 27.2 Å². The van der Waals surface area contributed by atoms with E-state index in [1.165, 1.54) is 25.7 Å². The van der Waals surface area contributed by atoms with Crippen molar-refractivity contribution >= 4 is 11.6 Å². The Balaban J connectivity index is 1.81. The average Bonchev–Trinajstić information content (AvgIpc) is 2.90. The molecule has 0 atom stereocenters. The van der Waals surface area contributed by atoms with Crippen molar-refractivity contribution in [3.8, 4) is 0 Å². The summed E-state index contributed by atoms with van der Waals surface area (Å²) in [6.07, 6.45) is 6.73. The van der Waals surface area contributed by atoms with Gasteiger partial charge in [0.15, 0.2) is 0 Å². The van der Waals surface area contributed by atoms with Gasteiger partial charge in [0.1, 0.15) is 12.2 Å². The second-order valence-electron chi connectivity index (χ2n) is 4.74. The fourth-order valence-electron chi connectivity index (χ4n) is 2.40. The zero-order valence-electron chi connectivity index (χ0n) is 9.75. The largest absolute Gasteiger partial charge is 0.309 e. The number of aromatic nitrogens is 3. The highest BCUT2D eigenvalue weighted by molar-refractivity contribution is 6.18. The maximum atomic E-state index is 6.08. The molecule has 5 heteroatoms.